The van der Waals surface area contributed by atoms with Crippen molar-refractivity contribution in [2.45, 2.75) is 13.3 Å². The number of aliphatic hydroxyl groups is 1. The average Bonchev–Trinajstić information content (AvgIpc) is 2.71. The Hall–Kier alpha value is -1.36. The first-order chi connectivity index (χ1) is 6.70. The number of carbonyl (C=O) groups excluding carboxylic acids is 1. The third-order valence-corrected chi connectivity index (χ3v) is 2.30. The molecule has 2 heterocycles. The SMILES string of the molecule is Cc1coc(N2CC(CO)CC2=O)n1. The highest BCUT2D eigenvalue weighted by molar-refractivity contribution is 5.93. The summed E-state index contributed by atoms with van der Waals surface area (Å²) in [4.78, 5) is 17.0. The van der Waals surface area contributed by atoms with Crippen LogP contribution in [0, 0.1) is 12.8 Å². The van der Waals surface area contributed by atoms with Crippen molar-refractivity contribution in [3.8, 4) is 0 Å². The van der Waals surface area contributed by atoms with Crippen LogP contribution in [0.15, 0.2) is 10.7 Å². The molecule has 1 aliphatic rings. The van der Waals surface area contributed by atoms with Crippen LogP contribution in [0.1, 0.15) is 12.1 Å². The number of oxazole rings is 1. The van der Waals surface area contributed by atoms with E-state index in [0.29, 0.717) is 19.0 Å². The van der Waals surface area contributed by atoms with Gasteiger partial charge in [-0.3, -0.25) is 9.69 Å². The van der Waals surface area contributed by atoms with Crippen molar-refractivity contribution in [3.05, 3.63) is 12.0 Å². The molecule has 1 fully saturated rings. The van der Waals surface area contributed by atoms with Gasteiger partial charge < -0.3 is 9.52 Å². The summed E-state index contributed by atoms with van der Waals surface area (Å²) < 4.78 is 5.12. The number of carbonyl (C=O) groups is 1. The highest BCUT2D eigenvalue weighted by Gasteiger charge is 2.32. The van der Waals surface area contributed by atoms with Crippen LogP contribution in [0.4, 0.5) is 6.01 Å². The molecule has 0 aromatic carbocycles. The molecular formula is C9H12N2O3. The zero-order valence-corrected chi connectivity index (χ0v) is 7.93. The third-order valence-electron chi connectivity index (χ3n) is 2.30. The Morgan fingerprint density at radius 3 is 3.07 bits per heavy atom. The lowest BCUT2D eigenvalue weighted by atomic mass is 10.1. The fourth-order valence-corrected chi connectivity index (χ4v) is 1.55. The zero-order chi connectivity index (χ0) is 10.1. The quantitative estimate of drug-likeness (QED) is 0.740. The maximum Gasteiger partial charge on any atom is 0.304 e. The van der Waals surface area contributed by atoms with E-state index in [1.807, 2.05) is 0 Å². The Bertz CT molecular complexity index is 348. The van der Waals surface area contributed by atoms with Crippen LogP contribution in [-0.2, 0) is 4.79 Å². The number of anilines is 1. The standard InChI is InChI=1S/C9H12N2O3/c1-6-5-14-9(10-6)11-3-7(4-12)2-8(11)13/h5,7,12H,2-4H2,1H3. The van der Waals surface area contributed by atoms with E-state index in [1.165, 1.54) is 11.2 Å². The summed E-state index contributed by atoms with van der Waals surface area (Å²) >= 11 is 0. The average molecular weight is 196 g/mol. The Morgan fingerprint density at radius 1 is 1.79 bits per heavy atom. The van der Waals surface area contributed by atoms with Gasteiger partial charge in [-0.25, -0.2) is 0 Å². The molecular weight excluding hydrogens is 184 g/mol. The second kappa shape index (κ2) is 3.42. The van der Waals surface area contributed by atoms with Gasteiger partial charge in [-0.05, 0) is 6.92 Å². The van der Waals surface area contributed by atoms with Gasteiger partial charge in [0.05, 0.1) is 5.69 Å². The second-order valence-electron chi connectivity index (χ2n) is 3.53. The second-order valence-corrected chi connectivity index (χ2v) is 3.53. The van der Waals surface area contributed by atoms with Gasteiger partial charge in [-0.15, -0.1) is 0 Å². The first-order valence-electron chi connectivity index (χ1n) is 4.54. The normalized spacial score (nSPS) is 22.0. The van der Waals surface area contributed by atoms with E-state index in [0.717, 1.165) is 5.69 Å². The molecule has 1 amide bonds. The lowest BCUT2D eigenvalue weighted by Crippen LogP contribution is -2.25. The van der Waals surface area contributed by atoms with Crippen LogP contribution in [0.3, 0.4) is 0 Å². The fraction of sp³-hybridized carbons (Fsp3) is 0.556. The summed E-state index contributed by atoms with van der Waals surface area (Å²) in [6.45, 7) is 2.33. The maximum absolute atomic E-state index is 11.5. The van der Waals surface area contributed by atoms with E-state index in [9.17, 15) is 4.79 Å². The lowest BCUT2D eigenvalue weighted by molar-refractivity contribution is -0.117. The summed E-state index contributed by atoms with van der Waals surface area (Å²) in [6.07, 6.45) is 1.88. The van der Waals surface area contributed by atoms with Crippen LogP contribution < -0.4 is 4.90 Å². The van der Waals surface area contributed by atoms with Crippen molar-refractivity contribution < 1.29 is 14.3 Å². The topological polar surface area (TPSA) is 66.6 Å². The summed E-state index contributed by atoms with van der Waals surface area (Å²) in [7, 11) is 0. The van der Waals surface area contributed by atoms with E-state index >= 15 is 0 Å². The molecule has 1 aliphatic heterocycles. The highest BCUT2D eigenvalue weighted by atomic mass is 16.4. The van der Waals surface area contributed by atoms with Crippen LogP contribution in [-0.4, -0.2) is 29.1 Å². The summed E-state index contributed by atoms with van der Waals surface area (Å²) in [5, 5.41) is 8.92. The molecule has 1 unspecified atom stereocenters. The Kier molecular flexibility index (Phi) is 2.25. The minimum absolute atomic E-state index is 0.00899. The first-order valence-corrected chi connectivity index (χ1v) is 4.54. The van der Waals surface area contributed by atoms with Crippen molar-refractivity contribution in [1.29, 1.82) is 0 Å². The molecule has 0 aliphatic carbocycles. The monoisotopic (exact) mass is 196 g/mol. The number of amides is 1. The van der Waals surface area contributed by atoms with Gasteiger partial charge >= 0.3 is 6.01 Å². The first kappa shape index (κ1) is 9.21. The van der Waals surface area contributed by atoms with Crippen molar-refractivity contribution in [2.75, 3.05) is 18.1 Å². The van der Waals surface area contributed by atoms with Crippen LogP contribution >= 0.6 is 0 Å². The summed E-state index contributed by atoms with van der Waals surface area (Å²) in [5.41, 5.74) is 0.750. The molecule has 5 nitrogen and oxygen atoms in total. The number of aryl methyl sites for hydroxylation is 1. The summed E-state index contributed by atoms with van der Waals surface area (Å²) in [5.74, 6) is -0.0272. The highest BCUT2D eigenvalue weighted by Crippen LogP contribution is 2.23. The predicted octanol–water partition coefficient (Wildman–Crippen LogP) is 0.328. The molecule has 0 bridgehead atoms. The number of aromatic nitrogens is 1. The van der Waals surface area contributed by atoms with E-state index in [1.54, 1.807) is 6.92 Å². The van der Waals surface area contributed by atoms with E-state index in [2.05, 4.69) is 4.98 Å². The molecule has 1 saturated heterocycles. The number of rotatable bonds is 2. The molecule has 0 saturated carbocycles. The fourth-order valence-electron chi connectivity index (χ4n) is 1.55. The number of hydrogen-bond donors (Lipinski definition) is 1. The smallest absolute Gasteiger partial charge is 0.304 e. The molecule has 1 N–H and O–H groups in total. The Morgan fingerprint density at radius 2 is 2.57 bits per heavy atom. The van der Waals surface area contributed by atoms with Crippen molar-refractivity contribution in [2.24, 2.45) is 5.92 Å². The van der Waals surface area contributed by atoms with E-state index in [4.69, 9.17) is 9.52 Å². The molecule has 1 aromatic rings. The van der Waals surface area contributed by atoms with Gasteiger partial charge in [-0.1, -0.05) is 0 Å². The van der Waals surface area contributed by atoms with Gasteiger partial charge in [0.15, 0.2) is 0 Å². The molecule has 2 rings (SSSR count). The minimum Gasteiger partial charge on any atom is -0.431 e. The molecule has 1 atom stereocenters. The largest absolute Gasteiger partial charge is 0.431 e. The zero-order valence-electron chi connectivity index (χ0n) is 7.93. The van der Waals surface area contributed by atoms with E-state index < -0.39 is 0 Å². The molecule has 1 aromatic heterocycles. The van der Waals surface area contributed by atoms with Gasteiger partial charge in [0.2, 0.25) is 5.91 Å². The van der Waals surface area contributed by atoms with E-state index in [-0.39, 0.29) is 18.4 Å². The minimum atomic E-state index is -0.0362. The number of hydrogen-bond acceptors (Lipinski definition) is 4. The molecule has 0 radical (unpaired) electrons. The molecule has 5 heteroatoms. The number of aliphatic hydroxyl groups excluding tert-OH is 1. The molecule has 0 spiro atoms. The van der Waals surface area contributed by atoms with Gasteiger partial charge in [0, 0.05) is 25.5 Å². The lowest BCUT2D eigenvalue weighted by Gasteiger charge is -2.10. The van der Waals surface area contributed by atoms with Crippen LogP contribution in [0.25, 0.3) is 0 Å². The summed E-state index contributed by atoms with van der Waals surface area (Å²) in [6, 6.07) is 0.337. The van der Waals surface area contributed by atoms with Crippen molar-refractivity contribution >= 4 is 11.9 Å². The Balaban J connectivity index is 2.16. The molecule has 14 heavy (non-hydrogen) atoms. The van der Waals surface area contributed by atoms with Crippen molar-refractivity contribution in [3.63, 3.8) is 0 Å². The maximum atomic E-state index is 11.5. The van der Waals surface area contributed by atoms with Gasteiger partial charge in [-0.2, -0.15) is 4.98 Å². The Labute approximate surface area is 81.3 Å². The van der Waals surface area contributed by atoms with Gasteiger partial charge in [0.25, 0.3) is 0 Å². The van der Waals surface area contributed by atoms with Gasteiger partial charge in [0.1, 0.15) is 6.26 Å². The van der Waals surface area contributed by atoms with Crippen molar-refractivity contribution in [1.82, 2.24) is 4.98 Å². The van der Waals surface area contributed by atoms with Crippen LogP contribution in [0.5, 0.6) is 0 Å². The predicted molar refractivity (Wildman–Crippen MR) is 48.8 cm³/mol. The molecule has 76 valence electrons. The van der Waals surface area contributed by atoms with Crippen LogP contribution in [0.2, 0.25) is 0 Å². The number of nitrogens with zero attached hydrogens (tertiary/aromatic N) is 2. The third kappa shape index (κ3) is 1.50.